The van der Waals surface area contributed by atoms with E-state index in [4.69, 9.17) is 4.74 Å². The molecule has 0 bridgehead atoms. The van der Waals surface area contributed by atoms with Crippen LogP contribution < -0.4 is 4.74 Å². The largest absolute Gasteiger partial charge is 0.487 e. The predicted octanol–water partition coefficient (Wildman–Crippen LogP) is 3.34. The second-order valence-electron chi connectivity index (χ2n) is 6.81. The van der Waals surface area contributed by atoms with Crippen LogP contribution in [0.4, 0.5) is 5.69 Å². The predicted molar refractivity (Wildman–Crippen MR) is 93.2 cm³/mol. The molecule has 0 spiro atoms. The van der Waals surface area contributed by atoms with Gasteiger partial charge in [0.2, 0.25) is 10.0 Å². The van der Waals surface area contributed by atoms with Crippen LogP contribution in [0, 0.1) is 16.0 Å². The summed E-state index contributed by atoms with van der Waals surface area (Å²) in [5, 5.41) is 11.4. The molecule has 2 fully saturated rings. The summed E-state index contributed by atoms with van der Waals surface area (Å²) in [4.78, 5) is 10.8. The van der Waals surface area contributed by atoms with Gasteiger partial charge in [-0.05, 0) is 43.7 Å². The third-order valence-corrected chi connectivity index (χ3v) is 6.92. The monoisotopic (exact) mass is 368 g/mol. The van der Waals surface area contributed by atoms with Gasteiger partial charge in [-0.15, -0.1) is 0 Å². The fraction of sp³-hybridized carbons (Fsp3) is 0.647. The van der Waals surface area contributed by atoms with Crippen molar-refractivity contribution in [3.05, 3.63) is 28.3 Å². The van der Waals surface area contributed by atoms with Crippen molar-refractivity contribution in [1.29, 1.82) is 0 Å². The summed E-state index contributed by atoms with van der Waals surface area (Å²) in [6, 6.07) is 3.96. The Labute approximate surface area is 148 Å². The molecule has 1 aliphatic heterocycles. The van der Waals surface area contributed by atoms with Gasteiger partial charge in [-0.3, -0.25) is 10.1 Å². The standard InChI is InChI=1S/C17H24N2O5S/c20-19(21)16-12-15(25(22,23)18-10-4-5-11-18)8-9-17(16)24-13-14-6-2-1-3-7-14/h8-9,12,14H,1-7,10-11,13H2. The van der Waals surface area contributed by atoms with Crippen LogP contribution in [0.1, 0.15) is 44.9 Å². The number of ether oxygens (including phenoxy) is 1. The minimum Gasteiger partial charge on any atom is -0.487 e. The van der Waals surface area contributed by atoms with Gasteiger partial charge in [0.15, 0.2) is 5.75 Å². The molecule has 0 atom stereocenters. The van der Waals surface area contributed by atoms with E-state index < -0.39 is 14.9 Å². The summed E-state index contributed by atoms with van der Waals surface area (Å²) in [5.41, 5.74) is -0.281. The molecule has 0 N–H and O–H groups in total. The second-order valence-corrected chi connectivity index (χ2v) is 8.75. The molecule has 1 aliphatic carbocycles. The van der Waals surface area contributed by atoms with Crippen molar-refractivity contribution in [3.63, 3.8) is 0 Å². The molecule has 138 valence electrons. The van der Waals surface area contributed by atoms with E-state index in [0.717, 1.165) is 31.7 Å². The van der Waals surface area contributed by atoms with Crippen LogP contribution in [-0.2, 0) is 10.0 Å². The van der Waals surface area contributed by atoms with Gasteiger partial charge in [0, 0.05) is 19.2 Å². The number of hydrogen-bond donors (Lipinski definition) is 0. The van der Waals surface area contributed by atoms with Crippen LogP contribution in [-0.4, -0.2) is 37.3 Å². The lowest BCUT2D eigenvalue weighted by Crippen LogP contribution is -2.27. The van der Waals surface area contributed by atoms with E-state index in [-0.39, 0.29) is 16.3 Å². The first-order valence-electron chi connectivity index (χ1n) is 8.90. The topological polar surface area (TPSA) is 89.8 Å². The molecular formula is C17H24N2O5S. The van der Waals surface area contributed by atoms with Crippen molar-refractivity contribution in [1.82, 2.24) is 4.31 Å². The van der Waals surface area contributed by atoms with Gasteiger partial charge in [-0.25, -0.2) is 8.42 Å². The van der Waals surface area contributed by atoms with Crippen molar-refractivity contribution in [2.24, 2.45) is 5.92 Å². The van der Waals surface area contributed by atoms with E-state index in [1.54, 1.807) is 0 Å². The Hall–Kier alpha value is -1.67. The molecule has 0 radical (unpaired) electrons. The lowest BCUT2D eigenvalue weighted by Gasteiger charge is -2.21. The molecule has 0 aromatic heterocycles. The van der Waals surface area contributed by atoms with Crippen LogP contribution in [0.5, 0.6) is 5.75 Å². The number of nitro groups is 1. The molecule has 0 amide bonds. The number of nitro benzene ring substituents is 1. The molecule has 1 heterocycles. The van der Waals surface area contributed by atoms with E-state index in [2.05, 4.69) is 0 Å². The molecule has 1 aromatic carbocycles. The summed E-state index contributed by atoms with van der Waals surface area (Å²) >= 11 is 0. The highest BCUT2D eigenvalue weighted by Gasteiger charge is 2.30. The molecule has 1 aromatic rings. The van der Waals surface area contributed by atoms with Crippen LogP contribution in [0.25, 0.3) is 0 Å². The maximum absolute atomic E-state index is 12.6. The summed E-state index contributed by atoms with van der Waals surface area (Å²) in [5.74, 6) is 0.567. The van der Waals surface area contributed by atoms with Crippen molar-refractivity contribution in [3.8, 4) is 5.75 Å². The zero-order chi connectivity index (χ0) is 17.9. The van der Waals surface area contributed by atoms with E-state index in [1.807, 2.05) is 0 Å². The highest BCUT2D eigenvalue weighted by Crippen LogP contribution is 2.33. The highest BCUT2D eigenvalue weighted by atomic mass is 32.2. The quantitative estimate of drug-likeness (QED) is 0.567. The molecular weight excluding hydrogens is 344 g/mol. The Kier molecular flexibility index (Phi) is 5.58. The van der Waals surface area contributed by atoms with E-state index in [0.29, 0.717) is 25.6 Å². The molecule has 2 aliphatic rings. The highest BCUT2D eigenvalue weighted by molar-refractivity contribution is 7.89. The zero-order valence-electron chi connectivity index (χ0n) is 14.2. The maximum atomic E-state index is 12.6. The van der Waals surface area contributed by atoms with Gasteiger partial charge < -0.3 is 4.74 Å². The Bertz CT molecular complexity index is 723. The molecule has 0 unspecified atom stereocenters. The Balaban J connectivity index is 1.79. The minimum absolute atomic E-state index is 0.0360. The number of nitrogens with zero attached hydrogens (tertiary/aromatic N) is 2. The minimum atomic E-state index is -3.67. The first-order chi connectivity index (χ1) is 12.0. The zero-order valence-corrected chi connectivity index (χ0v) is 15.0. The maximum Gasteiger partial charge on any atom is 0.312 e. The molecule has 3 rings (SSSR count). The van der Waals surface area contributed by atoms with Crippen molar-refractivity contribution >= 4 is 15.7 Å². The Morgan fingerprint density at radius 2 is 1.80 bits per heavy atom. The van der Waals surface area contributed by atoms with Crippen molar-refractivity contribution in [2.75, 3.05) is 19.7 Å². The van der Waals surface area contributed by atoms with Crippen LogP contribution >= 0.6 is 0 Å². The molecule has 1 saturated heterocycles. The molecule has 1 saturated carbocycles. The van der Waals surface area contributed by atoms with Crippen molar-refractivity contribution < 1.29 is 18.1 Å². The summed E-state index contributed by atoms with van der Waals surface area (Å²) in [7, 11) is -3.67. The summed E-state index contributed by atoms with van der Waals surface area (Å²) in [6.07, 6.45) is 7.38. The lowest BCUT2D eigenvalue weighted by atomic mass is 9.90. The van der Waals surface area contributed by atoms with E-state index >= 15 is 0 Å². The molecule has 7 nitrogen and oxygen atoms in total. The van der Waals surface area contributed by atoms with Gasteiger partial charge in [0.05, 0.1) is 16.4 Å². The lowest BCUT2D eigenvalue weighted by molar-refractivity contribution is -0.386. The van der Waals surface area contributed by atoms with Crippen LogP contribution in [0.15, 0.2) is 23.1 Å². The normalized spacial score (nSPS) is 19.8. The van der Waals surface area contributed by atoms with Gasteiger partial charge >= 0.3 is 5.69 Å². The smallest absolute Gasteiger partial charge is 0.312 e. The fourth-order valence-electron chi connectivity index (χ4n) is 3.56. The fourth-order valence-corrected chi connectivity index (χ4v) is 5.10. The third-order valence-electron chi connectivity index (χ3n) is 5.03. The third kappa shape index (κ3) is 4.12. The first kappa shape index (κ1) is 18.1. The second kappa shape index (κ2) is 7.70. The number of sulfonamides is 1. The van der Waals surface area contributed by atoms with Gasteiger partial charge in [-0.2, -0.15) is 4.31 Å². The Morgan fingerprint density at radius 1 is 1.12 bits per heavy atom. The Morgan fingerprint density at radius 3 is 2.44 bits per heavy atom. The van der Waals surface area contributed by atoms with Crippen LogP contribution in [0.2, 0.25) is 0 Å². The average Bonchev–Trinajstić information content (AvgIpc) is 3.16. The molecule has 8 heteroatoms. The molecule has 25 heavy (non-hydrogen) atoms. The van der Waals surface area contributed by atoms with Crippen molar-refractivity contribution in [2.45, 2.75) is 49.8 Å². The summed E-state index contributed by atoms with van der Waals surface area (Å²) in [6.45, 7) is 1.38. The number of benzene rings is 1. The van der Waals surface area contributed by atoms with Gasteiger partial charge in [0.1, 0.15) is 0 Å². The number of hydrogen-bond acceptors (Lipinski definition) is 5. The number of rotatable bonds is 6. The average molecular weight is 368 g/mol. The first-order valence-corrected chi connectivity index (χ1v) is 10.3. The van der Waals surface area contributed by atoms with E-state index in [9.17, 15) is 18.5 Å². The van der Waals surface area contributed by atoms with Gasteiger partial charge in [-0.1, -0.05) is 19.3 Å². The van der Waals surface area contributed by atoms with E-state index in [1.165, 1.54) is 35.7 Å². The summed E-state index contributed by atoms with van der Waals surface area (Å²) < 4.78 is 32.2. The SMILES string of the molecule is O=[N+]([O-])c1cc(S(=O)(=O)N2CCCC2)ccc1OCC1CCCCC1. The van der Waals surface area contributed by atoms with Crippen LogP contribution in [0.3, 0.4) is 0 Å². The van der Waals surface area contributed by atoms with Gasteiger partial charge in [0.25, 0.3) is 0 Å².